The fraction of sp³-hybridized carbons (Fsp3) is 0.188. The summed E-state index contributed by atoms with van der Waals surface area (Å²) in [6.07, 6.45) is -0.129. The fourth-order valence-electron chi connectivity index (χ4n) is 2.42. The molecule has 102 valence electrons. The predicted molar refractivity (Wildman–Crippen MR) is 71.4 cm³/mol. The first-order valence-corrected chi connectivity index (χ1v) is 6.43. The zero-order valence-corrected chi connectivity index (χ0v) is 10.7. The average Bonchev–Trinajstić information content (AvgIpc) is 2.90. The molecule has 2 nitrogen and oxygen atoms in total. The number of carbonyl (C=O) groups excluding carboxylic acids is 1. The van der Waals surface area contributed by atoms with Gasteiger partial charge in [-0.1, -0.05) is 12.1 Å². The molecule has 0 bridgehead atoms. The number of nitrogens with one attached hydrogen (secondary N) is 1. The molecule has 1 heterocycles. The minimum atomic E-state index is -0.553. The van der Waals surface area contributed by atoms with Gasteiger partial charge in [-0.05, 0) is 41.0 Å². The van der Waals surface area contributed by atoms with E-state index < -0.39 is 11.6 Å². The van der Waals surface area contributed by atoms with Gasteiger partial charge >= 0.3 is 0 Å². The molecule has 0 aromatic heterocycles. The lowest BCUT2D eigenvalue weighted by atomic mass is 9.99. The van der Waals surface area contributed by atoms with E-state index in [4.69, 9.17) is 0 Å². The molecule has 4 heteroatoms. The monoisotopic (exact) mass is 273 g/mol. The maximum Gasteiger partial charge on any atom is 0.167 e. The number of fused-ring (bicyclic) bond motifs is 1. The first-order chi connectivity index (χ1) is 9.63. The van der Waals surface area contributed by atoms with E-state index in [9.17, 15) is 13.6 Å². The van der Waals surface area contributed by atoms with Gasteiger partial charge in [-0.3, -0.25) is 4.79 Å². The summed E-state index contributed by atoms with van der Waals surface area (Å²) in [6.45, 7) is 1.55. The third-order valence-corrected chi connectivity index (χ3v) is 3.52. The van der Waals surface area contributed by atoms with E-state index in [2.05, 4.69) is 5.32 Å². The lowest BCUT2D eigenvalue weighted by Gasteiger charge is -2.05. The molecule has 2 aromatic rings. The van der Waals surface area contributed by atoms with Crippen LogP contribution in [0.15, 0.2) is 36.4 Å². The summed E-state index contributed by atoms with van der Waals surface area (Å²) in [6, 6.07) is 8.64. The number of hydrogen-bond acceptors (Lipinski definition) is 2. The van der Waals surface area contributed by atoms with Gasteiger partial charge in [-0.25, -0.2) is 8.78 Å². The maximum absolute atomic E-state index is 13.5. The summed E-state index contributed by atoms with van der Waals surface area (Å²) >= 11 is 0. The van der Waals surface area contributed by atoms with Crippen LogP contribution in [-0.2, 0) is 19.5 Å². The number of Topliss-reactive ketones (excluding diaryl/α,β-unsaturated/α-hetero) is 1. The molecule has 1 N–H and O–H groups in total. The van der Waals surface area contributed by atoms with Crippen LogP contribution in [0.3, 0.4) is 0 Å². The molecule has 0 aliphatic carbocycles. The highest BCUT2D eigenvalue weighted by Crippen LogP contribution is 2.19. The summed E-state index contributed by atoms with van der Waals surface area (Å²) in [5.41, 5.74) is 2.90. The molecule has 0 unspecified atom stereocenters. The zero-order valence-electron chi connectivity index (χ0n) is 10.7. The van der Waals surface area contributed by atoms with Gasteiger partial charge < -0.3 is 5.32 Å². The van der Waals surface area contributed by atoms with Crippen molar-refractivity contribution in [2.75, 3.05) is 0 Å². The smallest absolute Gasteiger partial charge is 0.167 e. The zero-order chi connectivity index (χ0) is 14.1. The molecule has 2 aromatic carbocycles. The second-order valence-electron chi connectivity index (χ2n) is 4.92. The number of ketones is 1. The molecular formula is C16H13F2NO. The fourth-order valence-corrected chi connectivity index (χ4v) is 2.42. The predicted octanol–water partition coefficient (Wildman–Crippen LogP) is 2.99. The molecule has 1 aliphatic heterocycles. The normalized spacial score (nSPS) is 13.3. The van der Waals surface area contributed by atoms with Gasteiger partial charge in [0.2, 0.25) is 0 Å². The molecule has 1 aliphatic rings. The van der Waals surface area contributed by atoms with Crippen LogP contribution in [0, 0.1) is 11.6 Å². The number of rotatable bonds is 3. The van der Waals surface area contributed by atoms with Crippen molar-refractivity contribution < 1.29 is 13.6 Å². The van der Waals surface area contributed by atoms with Crippen LogP contribution in [0.25, 0.3) is 0 Å². The second-order valence-corrected chi connectivity index (χ2v) is 4.92. The molecule has 0 fully saturated rings. The number of hydrogen-bond donors (Lipinski definition) is 1. The van der Waals surface area contributed by atoms with Crippen molar-refractivity contribution in [2.45, 2.75) is 19.5 Å². The largest absolute Gasteiger partial charge is 0.309 e. The molecule has 0 atom stereocenters. The van der Waals surface area contributed by atoms with Gasteiger partial charge in [0.15, 0.2) is 5.78 Å². The minimum Gasteiger partial charge on any atom is -0.309 e. The van der Waals surface area contributed by atoms with Crippen LogP contribution in [0.4, 0.5) is 8.78 Å². The first kappa shape index (κ1) is 12.9. The minimum absolute atomic E-state index is 0.0913. The van der Waals surface area contributed by atoms with Crippen LogP contribution in [-0.4, -0.2) is 5.78 Å². The van der Waals surface area contributed by atoms with Crippen molar-refractivity contribution >= 4 is 5.78 Å². The Labute approximate surface area is 115 Å². The number of halogens is 2. The van der Waals surface area contributed by atoms with Crippen molar-refractivity contribution in [1.29, 1.82) is 0 Å². The molecule has 3 rings (SSSR count). The van der Waals surface area contributed by atoms with Gasteiger partial charge in [0.05, 0.1) is 0 Å². The molecule has 0 saturated carbocycles. The van der Waals surface area contributed by atoms with Crippen molar-refractivity contribution in [3.63, 3.8) is 0 Å². The third-order valence-electron chi connectivity index (χ3n) is 3.52. The first-order valence-electron chi connectivity index (χ1n) is 6.43. The Hall–Kier alpha value is -2.07. The van der Waals surface area contributed by atoms with Gasteiger partial charge in [0, 0.05) is 25.1 Å². The Balaban J connectivity index is 1.84. The summed E-state index contributed by atoms with van der Waals surface area (Å²) in [4.78, 5) is 12.2. The standard InChI is InChI=1S/C16H13F2NO/c17-14-3-4-15(18)12(6-14)7-16(20)10-1-2-11-8-19-9-13(11)5-10/h1-6,19H,7-9H2. The third kappa shape index (κ3) is 2.47. The molecule has 0 amide bonds. The Morgan fingerprint density at radius 3 is 2.70 bits per heavy atom. The summed E-state index contributed by atoms with van der Waals surface area (Å²) in [5.74, 6) is -1.29. The van der Waals surface area contributed by atoms with E-state index in [1.165, 1.54) is 5.56 Å². The van der Waals surface area contributed by atoms with Gasteiger partial charge in [-0.15, -0.1) is 0 Å². The highest BCUT2D eigenvalue weighted by atomic mass is 19.1. The van der Waals surface area contributed by atoms with E-state index in [0.717, 1.165) is 36.9 Å². The molecule has 0 radical (unpaired) electrons. The Morgan fingerprint density at radius 2 is 1.85 bits per heavy atom. The SMILES string of the molecule is O=C(Cc1cc(F)ccc1F)c1ccc2c(c1)CNC2. The van der Waals surface area contributed by atoms with Crippen molar-refractivity contribution in [1.82, 2.24) is 5.32 Å². The van der Waals surface area contributed by atoms with Crippen LogP contribution in [0.2, 0.25) is 0 Å². The molecule has 0 saturated heterocycles. The van der Waals surface area contributed by atoms with Crippen molar-refractivity contribution in [3.05, 3.63) is 70.3 Å². The van der Waals surface area contributed by atoms with E-state index in [1.807, 2.05) is 12.1 Å². The Kier molecular flexibility index (Phi) is 3.32. The second kappa shape index (κ2) is 5.13. The molecule has 0 spiro atoms. The van der Waals surface area contributed by atoms with Gasteiger partial charge in [-0.2, -0.15) is 0 Å². The lowest BCUT2D eigenvalue weighted by molar-refractivity contribution is 0.0991. The van der Waals surface area contributed by atoms with Gasteiger partial charge in [0.25, 0.3) is 0 Å². The van der Waals surface area contributed by atoms with Crippen LogP contribution >= 0.6 is 0 Å². The quantitative estimate of drug-likeness (QED) is 0.871. The van der Waals surface area contributed by atoms with Crippen LogP contribution in [0.5, 0.6) is 0 Å². The van der Waals surface area contributed by atoms with Gasteiger partial charge in [0.1, 0.15) is 11.6 Å². The highest BCUT2D eigenvalue weighted by molar-refractivity contribution is 5.97. The topological polar surface area (TPSA) is 29.1 Å². The molecular weight excluding hydrogens is 260 g/mol. The van der Waals surface area contributed by atoms with Crippen molar-refractivity contribution in [3.8, 4) is 0 Å². The van der Waals surface area contributed by atoms with E-state index in [-0.39, 0.29) is 17.8 Å². The Morgan fingerprint density at radius 1 is 1.05 bits per heavy atom. The molecule has 20 heavy (non-hydrogen) atoms. The summed E-state index contributed by atoms with van der Waals surface area (Å²) in [5, 5.41) is 3.20. The number of benzene rings is 2. The summed E-state index contributed by atoms with van der Waals surface area (Å²) < 4.78 is 26.6. The van der Waals surface area contributed by atoms with Crippen LogP contribution in [0.1, 0.15) is 27.0 Å². The Bertz CT molecular complexity index is 682. The summed E-state index contributed by atoms with van der Waals surface area (Å²) in [7, 11) is 0. The van der Waals surface area contributed by atoms with E-state index >= 15 is 0 Å². The number of carbonyl (C=O) groups is 1. The lowest BCUT2D eigenvalue weighted by Crippen LogP contribution is -2.06. The van der Waals surface area contributed by atoms with E-state index in [0.29, 0.717) is 5.56 Å². The maximum atomic E-state index is 13.5. The van der Waals surface area contributed by atoms with Crippen molar-refractivity contribution in [2.24, 2.45) is 0 Å². The average molecular weight is 273 g/mol. The van der Waals surface area contributed by atoms with E-state index in [1.54, 1.807) is 6.07 Å². The highest BCUT2D eigenvalue weighted by Gasteiger charge is 2.15. The van der Waals surface area contributed by atoms with Crippen LogP contribution < -0.4 is 5.32 Å².